The Morgan fingerprint density at radius 2 is 2.11 bits per heavy atom. The van der Waals surface area contributed by atoms with Gasteiger partial charge in [-0.1, -0.05) is 35.1 Å². The first-order valence-electron chi connectivity index (χ1n) is 5.45. The molecule has 0 saturated heterocycles. The molecule has 0 atom stereocenters. The van der Waals surface area contributed by atoms with Gasteiger partial charge < -0.3 is 10.5 Å². The van der Waals surface area contributed by atoms with Crippen LogP contribution in [0.15, 0.2) is 18.2 Å². The number of anilines is 1. The van der Waals surface area contributed by atoms with Gasteiger partial charge in [0.25, 0.3) is 0 Å². The number of nitrogen functional groups attached to an aromatic ring is 1. The van der Waals surface area contributed by atoms with E-state index in [1.807, 2.05) is 32.0 Å². The van der Waals surface area contributed by atoms with Gasteiger partial charge in [0.1, 0.15) is 0 Å². The molecular weight excluding hydrogens is 248 g/mol. The topological polar surface area (TPSA) is 65.2 Å². The quantitative estimate of drug-likeness (QED) is 0.845. The third kappa shape index (κ3) is 2.22. The molecule has 1 aromatic carbocycles. The number of aromatic nitrogens is 1. The molecule has 0 bridgehead atoms. The Morgan fingerprint density at radius 1 is 1.39 bits per heavy atom. The molecule has 5 heteroatoms. The molecule has 18 heavy (non-hydrogen) atoms. The summed E-state index contributed by atoms with van der Waals surface area (Å²) in [6.07, 6.45) is 0. The standard InChI is InChI=1S/C13H14N2O2S/c1-7-4-5-8(2)9(6-7)11-10(12(16)17-3)15-13(14)18-11/h4-6H,1-3H3,(H2,14,15). The average Bonchev–Trinajstić information content (AvgIpc) is 2.73. The molecule has 4 nitrogen and oxygen atoms in total. The lowest BCUT2D eigenvalue weighted by molar-refractivity contribution is 0.0596. The van der Waals surface area contributed by atoms with E-state index in [1.54, 1.807) is 0 Å². The van der Waals surface area contributed by atoms with Crippen LogP contribution in [0.25, 0.3) is 10.4 Å². The number of aryl methyl sites for hydroxylation is 2. The Hall–Kier alpha value is -1.88. The summed E-state index contributed by atoms with van der Waals surface area (Å²) >= 11 is 1.30. The van der Waals surface area contributed by atoms with Gasteiger partial charge in [-0.05, 0) is 25.0 Å². The maximum Gasteiger partial charge on any atom is 0.358 e. The van der Waals surface area contributed by atoms with Crippen molar-refractivity contribution in [2.24, 2.45) is 0 Å². The van der Waals surface area contributed by atoms with Gasteiger partial charge in [-0.2, -0.15) is 0 Å². The highest BCUT2D eigenvalue weighted by molar-refractivity contribution is 7.19. The predicted octanol–water partition coefficient (Wildman–Crippen LogP) is 2.80. The Labute approximate surface area is 109 Å². The molecule has 2 N–H and O–H groups in total. The maximum absolute atomic E-state index is 11.7. The zero-order valence-corrected chi connectivity index (χ0v) is 11.3. The van der Waals surface area contributed by atoms with Crippen LogP contribution in [0.5, 0.6) is 0 Å². The number of nitrogens with zero attached hydrogens (tertiary/aromatic N) is 1. The molecule has 0 aliphatic carbocycles. The molecule has 0 unspecified atom stereocenters. The molecule has 2 aromatic rings. The number of ether oxygens (including phenoxy) is 1. The fraction of sp³-hybridized carbons (Fsp3) is 0.231. The molecule has 0 aliphatic rings. The van der Waals surface area contributed by atoms with Gasteiger partial charge in [-0.25, -0.2) is 9.78 Å². The smallest absolute Gasteiger partial charge is 0.358 e. The van der Waals surface area contributed by atoms with Crippen LogP contribution in [0.3, 0.4) is 0 Å². The second-order valence-corrected chi connectivity index (χ2v) is 5.07. The van der Waals surface area contributed by atoms with E-state index in [1.165, 1.54) is 18.4 Å². The lowest BCUT2D eigenvalue weighted by Crippen LogP contribution is -2.04. The van der Waals surface area contributed by atoms with Crippen LogP contribution in [0.1, 0.15) is 21.6 Å². The highest BCUT2D eigenvalue weighted by Crippen LogP contribution is 2.34. The second kappa shape index (κ2) is 4.78. The first-order chi connectivity index (χ1) is 8.52. The first-order valence-corrected chi connectivity index (χ1v) is 6.27. The monoisotopic (exact) mass is 262 g/mol. The van der Waals surface area contributed by atoms with Crippen molar-refractivity contribution < 1.29 is 9.53 Å². The normalized spacial score (nSPS) is 10.4. The van der Waals surface area contributed by atoms with Crippen LogP contribution in [0, 0.1) is 13.8 Å². The summed E-state index contributed by atoms with van der Waals surface area (Å²) in [6.45, 7) is 4.00. The van der Waals surface area contributed by atoms with Crippen molar-refractivity contribution in [2.75, 3.05) is 12.8 Å². The minimum absolute atomic E-state index is 0.286. The zero-order chi connectivity index (χ0) is 13.3. The average molecular weight is 262 g/mol. The van der Waals surface area contributed by atoms with Crippen molar-refractivity contribution in [2.45, 2.75) is 13.8 Å². The summed E-state index contributed by atoms with van der Waals surface area (Å²) in [5.41, 5.74) is 9.16. The minimum atomic E-state index is -0.459. The third-order valence-corrected chi connectivity index (χ3v) is 3.58. The van der Waals surface area contributed by atoms with Crippen molar-refractivity contribution >= 4 is 22.4 Å². The van der Waals surface area contributed by atoms with Gasteiger partial charge in [0.15, 0.2) is 10.8 Å². The molecule has 0 amide bonds. The largest absolute Gasteiger partial charge is 0.464 e. The number of carbonyl (C=O) groups is 1. The van der Waals surface area contributed by atoms with Gasteiger partial charge >= 0.3 is 5.97 Å². The number of esters is 1. The Morgan fingerprint density at radius 3 is 2.78 bits per heavy atom. The van der Waals surface area contributed by atoms with E-state index >= 15 is 0 Å². The number of thiazole rings is 1. The Kier molecular flexibility index (Phi) is 3.34. The lowest BCUT2D eigenvalue weighted by atomic mass is 10.0. The van der Waals surface area contributed by atoms with Gasteiger partial charge in [0, 0.05) is 0 Å². The Bertz CT molecular complexity index is 605. The number of carbonyl (C=O) groups excluding carboxylic acids is 1. The number of rotatable bonds is 2. The van der Waals surface area contributed by atoms with Gasteiger partial charge in [0.05, 0.1) is 12.0 Å². The van der Waals surface area contributed by atoms with Gasteiger partial charge in [0.2, 0.25) is 0 Å². The fourth-order valence-electron chi connectivity index (χ4n) is 1.73. The van der Waals surface area contributed by atoms with Gasteiger partial charge in [-0.3, -0.25) is 0 Å². The van der Waals surface area contributed by atoms with Crippen LogP contribution < -0.4 is 5.73 Å². The van der Waals surface area contributed by atoms with E-state index in [0.29, 0.717) is 5.13 Å². The minimum Gasteiger partial charge on any atom is -0.464 e. The van der Waals surface area contributed by atoms with Crippen molar-refractivity contribution in [3.63, 3.8) is 0 Å². The molecular formula is C13H14N2O2S. The van der Waals surface area contributed by atoms with Crippen LogP contribution in [-0.4, -0.2) is 18.1 Å². The number of nitrogens with two attached hydrogens (primary N) is 1. The predicted molar refractivity (Wildman–Crippen MR) is 72.8 cm³/mol. The highest BCUT2D eigenvalue weighted by Gasteiger charge is 2.20. The van der Waals surface area contributed by atoms with Crippen LogP contribution in [0.2, 0.25) is 0 Å². The summed E-state index contributed by atoms with van der Waals surface area (Å²) in [7, 11) is 1.34. The molecule has 1 heterocycles. The van der Waals surface area contributed by atoms with E-state index in [0.717, 1.165) is 21.6 Å². The van der Waals surface area contributed by atoms with Crippen molar-refractivity contribution in [1.82, 2.24) is 4.98 Å². The number of hydrogen-bond donors (Lipinski definition) is 1. The van der Waals surface area contributed by atoms with E-state index in [4.69, 9.17) is 10.5 Å². The zero-order valence-electron chi connectivity index (χ0n) is 10.5. The number of benzene rings is 1. The van der Waals surface area contributed by atoms with Crippen LogP contribution >= 0.6 is 11.3 Å². The third-order valence-electron chi connectivity index (χ3n) is 2.66. The van der Waals surface area contributed by atoms with Gasteiger partial charge in [-0.15, -0.1) is 0 Å². The van der Waals surface area contributed by atoms with Crippen molar-refractivity contribution in [1.29, 1.82) is 0 Å². The summed E-state index contributed by atoms with van der Waals surface area (Å²) < 4.78 is 4.73. The SMILES string of the molecule is COC(=O)c1nc(N)sc1-c1cc(C)ccc1C. The van der Waals surface area contributed by atoms with Crippen molar-refractivity contribution in [3.05, 3.63) is 35.0 Å². The second-order valence-electron chi connectivity index (χ2n) is 4.04. The molecule has 0 spiro atoms. The summed E-state index contributed by atoms with van der Waals surface area (Å²) in [5.74, 6) is -0.459. The molecule has 0 radical (unpaired) electrons. The first kappa shape index (κ1) is 12.6. The molecule has 94 valence electrons. The van der Waals surface area contributed by atoms with E-state index in [9.17, 15) is 4.79 Å². The summed E-state index contributed by atoms with van der Waals surface area (Å²) in [4.78, 5) is 16.5. The molecule has 1 aromatic heterocycles. The number of methoxy groups -OCH3 is 1. The van der Waals surface area contributed by atoms with E-state index in [2.05, 4.69) is 4.98 Å². The maximum atomic E-state index is 11.7. The van der Waals surface area contributed by atoms with Crippen molar-refractivity contribution in [3.8, 4) is 10.4 Å². The molecule has 0 aliphatic heterocycles. The summed E-state index contributed by atoms with van der Waals surface area (Å²) in [6, 6.07) is 6.07. The van der Waals surface area contributed by atoms with E-state index in [-0.39, 0.29) is 5.69 Å². The van der Waals surface area contributed by atoms with Crippen LogP contribution in [-0.2, 0) is 4.74 Å². The molecule has 0 fully saturated rings. The van der Waals surface area contributed by atoms with E-state index < -0.39 is 5.97 Å². The summed E-state index contributed by atoms with van der Waals surface area (Å²) in [5, 5.41) is 0.367. The van der Waals surface area contributed by atoms with Crippen LogP contribution in [0.4, 0.5) is 5.13 Å². The lowest BCUT2D eigenvalue weighted by Gasteiger charge is -2.06. The number of hydrogen-bond acceptors (Lipinski definition) is 5. The molecule has 0 saturated carbocycles. The molecule has 2 rings (SSSR count). The fourth-order valence-corrected chi connectivity index (χ4v) is 2.64. The Balaban J connectivity index is 2.63. The highest BCUT2D eigenvalue weighted by atomic mass is 32.1.